The molecule has 0 spiro atoms. The van der Waals surface area contributed by atoms with Gasteiger partial charge in [0.15, 0.2) is 0 Å². The SMILES string of the molecule is C[C@@H]1CNCC[C@@H]1c1ccc(OC(F)(F)F)c(Cl)c1. The third-order valence-electron chi connectivity index (χ3n) is 3.40. The molecule has 106 valence electrons. The highest BCUT2D eigenvalue weighted by molar-refractivity contribution is 6.32. The second kappa shape index (κ2) is 5.59. The lowest BCUT2D eigenvalue weighted by Crippen LogP contribution is -2.33. The summed E-state index contributed by atoms with van der Waals surface area (Å²) in [6.07, 6.45) is -3.76. The summed E-state index contributed by atoms with van der Waals surface area (Å²) in [5.41, 5.74) is 0.966. The highest BCUT2D eigenvalue weighted by atomic mass is 35.5. The number of hydrogen-bond acceptors (Lipinski definition) is 2. The molecule has 2 rings (SSSR count). The number of benzene rings is 1. The van der Waals surface area contributed by atoms with Crippen molar-refractivity contribution in [2.45, 2.75) is 25.6 Å². The number of nitrogens with one attached hydrogen (secondary N) is 1. The fourth-order valence-electron chi connectivity index (χ4n) is 2.46. The summed E-state index contributed by atoms with van der Waals surface area (Å²) in [4.78, 5) is 0. The molecule has 6 heteroatoms. The Labute approximate surface area is 114 Å². The van der Waals surface area contributed by atoms with Gasteiger partial charge in [-0.05, 0) is 49.0 Å². The van der Waals surface area contributed by atoms with Gasteiger partial charge in [-0.3, -0.25) is 0 Å². The van der Waals surface area contributed by atoms with E-state index in [0.29, 0.717) is 11.8 Å². The number of ether oxygens (including phenoxy) is 1. The van der Waals surface area contributed by atoms with E-state index in [-0.39, 0.29) is 10.8 Å². The van der Waals surface area contributed by atoms with Crippen LogP contribution < -0.4 is 10.1 Å². The minimum absolute atomic E-state index is 0.000516. The van der Waals surface area contributed by atoms with Crippen LogP contribution in [0.5, 0.6) is 5.75 Å². The molecule has 1 heterocycles. The molecule has 1 aliphatic heterocycles. The first-order chi connectivity index (χ1) is 8.87. The van der Waals surface area contributed by atoms with Crippen LogP contribution in [0.1, 0.15) is 24.8 Å². The van der Waals surface area contributed by atoms with E-state index in [1.165, 1.54) is 6.07 Å². The van der Waals surface area contributed by atoms with Crippen molar-refractivity contribution in [3.05, 3.63) is 28.8 Å². The van der Waals surface area contributed by atoms with Crippen LogP contribution in [0, 0.1) is 5.92 Å². The Morgan fingerprint density at radius 3 is 2.68 bits per heavy atom. The van der Waals surface area contributed by atoms with Gasteiger partial charge in [-0.25, -0.2) is 0 Å². The van der Waals surface area contributed by atoms with Crippen molar-refractivity contribution >= 4 is 11.6 Å². The largest absolute Gasteiger partial charge is 0.573 e. The summed E-state index contributed by atoms with van der Waals surface area (Å²) in [6, 6.07) is 4.54. The number of hydrogen-bond donors (Lipinski definition) is 1. The lowest BCUT2D eigenvalue weighted by Gasteiger charge is -2.30. The molecule has 0 unspecified atom stereocenters. The molecule has 0 aromatic heterocycles. The number of alkyl halides is 3. The molecule has 0 saturated carbocycles. The molecule has 0 amide bonds. The Morgan fingerprint density at radius 2 is 2.11 bits per heavy atom. The third kappa shape index (κ3) is 3.76. The lowest BCUT2D eigenvalue weighted by molar-refractivity contribution is -0.274. The van der Waals surface area contributed by atoms with Gasteiger partial charge < -0.3 is 10.1 Å². The van der Waals surface area contributed by atoms with E-state index >= 15 is 0 Å². The summed E-state index contributed by atoms with van der Waals surface area (Å²) in [6.45, 7) is 3.93. The van der Waals surface area contributed by atoms with E-state index in [0.717, 1.165) is 25.1 Å². The topological polar surface area (TPSA) is 21.3 Å². The van der Waals surface area contributed by atoms with Crippen molar-refractivity contribution in [1.82, 2.24) is 5.32 Å². The highest BCUT2D eigenvalue weighted by Gasteiger charge is 2.32. The average Bonchev–Trinajstić information content (AvgIpc) is 2.31. The first kappa shape index (κ1) is 14.5. The number of rotatable bonds is 2. The van der Waals surface area contributed by atoms with Crippen molar-refractivity contribution in [3.63, 3.8) is 0 Å². The second-order valence-corrected chi connectivity index (χ2v) is 5.22. The Bertz CT molecular complexity index is 450. The summed E-state index contributed by atoms with van der Waals surface area (Å²) in [5.74, 6) is 0.400. The van der Waals surface area contributed by atoms with E-state index < -0.39 is 6.36 Å². The van der Waals surface area contributed by atoms with Gasteiger partial charge in [-0.2, -0.15) is 0 Å². The molecule has 1 aromatic carbocycles. The highest BCUT2D eigenvalue weighted by Crippen LogP contribution is 2.36. The molecule has 19 heavy (non-hydrogen) atoms. The predicted octanol–water partition coefficient (Wildman–Crippen LogP) is 3.95. The van der Waals surface area contributed by atoms with Crippen molar-refractivity contribution in [2.75, 3.05) is 13.1 Å². The Kier molecular flexibility index (Phi) is 4.26. The zero-order chi connectivity index (χ0) is 14.0. The van der Waals surface area contributed by atoms with Gasteiger partial charge >= 0.3 is 6.36 Å². The fraction of sp³-hybridized carbons (Fsp3) is 0.538. The minimum atomic E-state index is -4.72. The molecular weight excluding hydrogens is 279 g/mol. The summed E-state index contributed by atoms with van der Waals surface area (Å²) >= 11 is 5.86. The molecule has 1 saturated heterocycles. The van der Waals surface area contributed by atoms with Crippen LogP contribution in [0.25, 0.3) is 0 Å². The first-order valence-electron chi connectivity index (χ1n) is 6.13. The molecule has 2 atom stereocenters. The van der Waals surface area contributed by atoms with Gasteiger partial charge in [0.25, 0.3) is 0 Å². The van der Waals surface area contributed by atoms with Crippen LogP contribution in [-0.4, -0.2) is 19.5 Å². The smallest absolute Gasteiger partial charge is 0.404 e. The van der Waals surface area contributed by atoms with Crippen molar-refractivity contribution in [2.24, 2.45) is 5.92 Å². The minimum Gasteiger partial charge on any atom is -0.404 e. The number of piperidine rings is 1. The molecule has 1 fully saturated rings. The van der Waals surface area contributed by atoms with Gasteiger partial charge in [0.1, 0.15) is 5.75 Å². The monoisotopic (exact) mass is 293 g/mol. The third-order valence-corrected chi connectivity index (χ3v) is 3.69. The fourth-order valence-corrected chi connectivity index (χ4v) is 2.69. The van der Waals surface area contributed by atoms with E-state index in [1.54, 1.807) is 12.1 Å². The summed E-state index contributed by atoms with van der Waals surface area (Å²) in [7, 11) is 0. The Morgan fingerprint density at radius 1 is 1.37 bits per heavy atom. The van der Waals surface area contributed by atoms with Crippen LogP contribution in [0.4, 0.5) is 13.2 Å². The maximum absolute atomic E-state index is 12.1. The number of halogens is 4. The molecule has 1 aromatic rings. The lowest BCUT2D eigenvalue weighted by atomic mass is 9.82. The molecule has 0 radical (unpaired) electrons. The normalized spacial score (nSPS) is 24.3. The van der Waals surface area contributed by atoms with Crippen LogP contribution in [0.3, 0.4) is 0 Å². The van der Waals surface area contributed by atoms with Crippen molar-refractivity contribution in [1.29, 1.82) is 0 Å². The van der Waals surface area contributed by atoms with Gasteiger partial charge in [0.2, 0.25) is 0 Å². The summed E-state index contributed by atoms with van der Waals surface area (Å²) in [5, 5.41) is 3.29. The van der Waals surface area contributed by atoms with E-state index in [2.05, 4.69) is 17.0 Å². The molecule has 1 aliphatic rings. The quantitative estimate of drug-likeness (QED) is 0.891. The second-order valence-electron chi connectivity index (χ2n) is 4.81. The van der Waals surface area contributed by atoms with E-state index in [9.17, 15) is 13.2 Å². The van der Waals surface area contributed by atoms with Crippen LogP contribution in [-0.2, 0) is 0 Å². The van der Waals surface area contributed by atoms with Crippen molar-refractivity contribution in [3.8, 4) is 5.75 Å². The van der Waals surface area contributed by atoms with Gasteiger partial charge in [-0.1, -0.05) is 24.6 Å². The zero-order valence-corrected chi connectivity index (χ0v) is 11.2. The molecule has 2 nitrogen and oxygen atoms in total. The molecule has 0 bridgehead atoms. The van der Waals surface area contributed by atoms with Crippen LogP contribution >= 0.6 is 11.6 Å². The Balaban J connectivity index is 2.18. The predicted molar refractivity (Wildman–Crippen MR) is 67.5 cm³/mol. The first-order valence-corrected chi connectivity index (χ1v) is 6.50. The van der Waals surface area contributed by atoms with Crippen molar-refractivity contribution < 1.29 is 17.9 Å². The van der Waals surface area contributed by atoms with Gasteiger partial charge in [0.05, 0.1) is 5.02 Å². The average molecular weight is 294 g/mol. The van der Waals surface area contributed by atoms with E-state index in [1.807, 2.05) is 0 Å². The van der Waals surface area contributed by atoms with Crippen LogP contribution in [0.15, 0.2) is 18.2 Å². The zero-order valence-electron chi connectivity index (χ0n) is 10.4. The molecule has 0 aliphatic carbocycles. The summed E-state index contributed by atoms with van der Waals surface area (Å²) < 4.78 is 40.3. The maximum Gasteiger partial charge on any atom is 0.573 e. The van der Waals surface area contributed by atoms with Gasteiger partial charge in [-0.15, -0.1) is 13.2 Å². The molecular formula is C13H15ClF3NO. The van der Waals surface area contributed by atoms with Gasteiger partial charge in [0, 0.05) is 0 Å². The maximum atomic E-state index is 12.1. The Hall–Kier alpha value is -0.940. The van der Waals surface area contributed by atoms with Crippen LogP contribution in [0.2, 0.25) is 5.02 Å². The molecule has 1 N–H and O–H groups in total. The standard InChI is InChI=1S/C13H15ClF3NO/c1-8-7-18-5-4-10(8)9-2-3-12(11(14)6-9)19-13(15,16)17/h2-3,6,8,10,18H,4-5,7H2,1H3/t8-,10+/m1/s1. The van der Waals surface area contributed by atoms with E-state index in [4.69, 9.17) is 11.6 Å².